The summed E-state index contributed by atoms with van der Waals surface area (Å²) in [5.41, 5.74) is 6.22. The Hall–Kier alpha value is -1.55. The number of hydrogen-bond acceptors (Lipinski definition) is 3. The second-order valence-electron chi connectivity index (χ2n) is 2.52. The fraction of sp³-hybridized carbons (Fsp3) is 0. The number of aromatic nitrogens is 3. The van der Waals surface area contributed by atoms with E-state index in [4.69, 9.17) is 17.3 Å². The van der Waals surface area contributed by atoms with Gasteiger partial charge in [0.25, 0.3) is 0 Å². The Morgan fingerprint density at radius 2 is 2.31 bits per heavy atom. The van der Waals surface area contributed by atoms with Gasteiger partial charge in [0.15, 0.2) is 5.82 Å². The first kappa shape index (κ1) is 8.07. The predicted molar refractivity (Wildman–Crippen MR) is 50.8 cm³/mol. The Labute approximate surface area is 80.0 Å². The van der Waals surface area contributed by atoms with Crippen molar-refractivity contribution in [3.8, 4) is 5.82 Å². The average molecular weight is 195 g/mol. The van der Waals surface area contributed by atoms with Crippen molar-refractivity contribution >= 4 is 17.3 Å². The lowest BCUT2D eigenvalue weighted by Crippen LogP contribution is -2.02. The van der Waals surface area contributed by atoms with Crippen molar-refractivity contribution in [2.75, 3.05) is 5.73 Å². The van der Waals surface area contributed by atoms with E-state index in [0.29, 0.717) is 16.5 Å². The maximum absolute atomic E-state index is 5.71. The third-order valence-electron chi connectivity index (χ3n) is 1.58. The number of rotatable bonds is 1. The van der Waals surface area contributed by atoms with Crippen molar-refractivity contribution in [2.24, 2.45) is 0 Å². The van der Waals surface area contributed by atoms with E-state index in [1.807, 2.05) is 0 Å². The normalized spacial score (nSPS) is 10.2. The smallest absolute Gasteiger partial charge is 0.176 e. The van der Waals surface area contributed by atoms with Gasteiger partial charge in [0, 0.05) is 18.6 Å². The maximum Gasteiger partial charge on any atom is 0.176 e. The monoisotopic (exact) mass is 194 g/mol. The van der Waals surface area contributed by atoms with Gasteiger partial charge in [-0.25, -0.2) is 9.67 Å². The number of halogens is 1. The summed E-state index contributed by atoms with van der Waals surface area (Å²) in [4.78, 5) is 4.06. The van der Waals surface area contributed by atoms with Crippen LogP contribution in [0.3, 0.4) is 0 Å². The molecule has 13 heavy (non-hydrogen) atoms. The molecule has 0 radical (unpaired) electrons. The molecule has 2 aromatic heterocycles. The van der Waals surface area contributed by atoms with E-state index in [9.17, 15) is 0 Å². The van der Waals surface area contributed by atoms with Crippen LogP contribution < -0.4 is 5.73 Å². The highest BCUT2D eigenvalue weighted by Gasteiger charge is 2.03. The molecule has 2 heterocycles. The summed E-state index contributed by atoms with van der Waals surface area (Å²) in [6.45, 7) is 0. The van der Waals surface area contributed by atoms with Gasteiger partial charge in [-0.15, -0.1) is 0 Å². The number of nitrogens with two attached hydrogens (primary N) is 1. The summed E-state index contributed by atoms with van der Waals surface area (Å²) in [5.74, 6) is 0.592. The summed E-state index contributed by atoms with van der Waals surface area (Å²) in [5, 5.41) is 4.53. The van der Waals surface area contributed by atoms with Crippen molar-refractivity contribution in [1.82, 2.24) is 14.8 Å². The molecule has 0 fully saturated rings. The van der Waals surface area contributed by atoms with Crippen LogP contribution in [0.5, 0.6) is 0 Å². The van der Waals surface area contributed by atoms with Crippen LogP contribution in [0.25, 0.3) is 5.82 Å². The molecule has 2 N–H and O–H groups in total. The van der Waals surface area contributed by atoms with Gasteiger partial charge in [-0.3, -0.25) is 0 Å². The molecule has 2 rings (SSSR count). The van der Waals surface area contributed by atoms with Crippen molar-refractivity contribution in [3.05, 3.63) is 35.7 Å². The molecule has 0 bridgehead atoms. The van der Waals surface area contributed by atoms with Crippen LogP contribution in [0.15, 0.2) is 30.7 Å². The van der Waals surface area contributed by atoms with E-state index in [2.05, 4.69) is 10.1 Å². The summed E-state index contributed by atoms with van der Waals surface area (Å²) in [7, 11) is 0. The van der Waals surface area contributed by atoms with Crippen LogP contribution in [-0.2, 0) is 0 Å². The van der Waals surface area contributed by atoms with Crippen molar-refractivity contribution in [1.29, 1.82) is 0 Å². The van der Waals surface area contributed by atoms with Crippen LogP contribution >= 0.6 is 11.6 Å². The zero-order valence-corrected chi connectivity index (χ0v) is 7.44. The number of nitrogen functional groups attached to an aromatic ring is 1. The van der Waals surface area contributed by atoms with Gasteiger partial charge < -0.3 is 5.73 Å². The van der Waals surface area contributed by atoms with Gasteiger partial charge in [0.05, 0.1) is 10.7 Å². The Morgan fingerprint density at radius 3 is 2.92 bits per heavy atom. The quantitative estimate of drug-likeness (QED) is 0.749. The number of nitrogens with zero attached hydrogens (tertiary/aromatic N) is 3. The fourth-order valence-electron chi connectivity index (χ4n) is 1.03. The van der Waals surface area contributed by atoms with Gasteiger partial charge in [0.2, 0.25) is 0 Å². The number of pyridine rings is 1. The lowest BCUT2D eigenvalue weighted by Gasteiger charge is -2.03. The highest BCUT2D eigenvalue weighted by molar-refractivity contribution is 6.30. The zero-order chi connectivity index (χ0) is 9.26. The molecule has 0 amide bonds. The summed E-state index contributed by atoms with van der Waals surface area (Å²) in [6, 6.07) is 3.45. The fourth-order valence-corrected chi connectivity index (χ4v) is 1.20. The second-order valence-corrected chi connectivity index (χ2v) is 2.95. The molecule has 0 aromatic carbocycles. The predicted octanol–water partition coefficient (Wildman–Crippen LogP) is 1.50. The molecule has 0 aliphatic heterocycles. The minimum absolute atomic E-state index is 0.510. The number of anilines is 1. The SMILES string of the molecule is Nc1cc(Cl)cnc1-n1cccn1. The topological polar surface area (TPSA) is 56.7 Å². The Bertz CT molecular complexity index is 410. The lowest BCUT2D eigenvalue weighted by molar-refractivity contribution is 0.850. The minimum atomic E-state index is 0.510. The summed E-state index contributed by atoms with van der Waals surface area (Å²) < 4.78 is 1.59. The van der Waals surface area contributed by atoms with Crippen molar-refractivity contribution < 1.29 is 0 Å². The standard InChI is InChI=1S/C8H7ClN4/c9-6-4-7(10)8(11-5-6)13-3-1-2-12-13/h1-5H,10H2. The van der Waals surface area contributed by atoms with E-state index < -0.39 is 0 Å². The molecule has 0 atom stereocenters. The van der Waals surface area contributed by atoms with Gasteiger partial charge in [-0.2, -0.15) is 5.10 Å². The third-order valence-corrected chi connectivity index (χ3v) is 1.79. The highest BCUT2D eigenvalue weighted by Crippen LogP contribution is 2.17. The van der Waals surface area contributed by atoms with Crippen LogP contribution in [-0.4, -0.2) is 14.8 Å². The van der Waals surface area contributed by atoms with Gasteiger partial charge in [-0.05, 0) is 12.1 Å². The molecule has 0 aliphatic carbocycles. The minimum Gasteiger partial charge on any atom is -0.396 e. The first-order valence-corrected chi connectivity index (χ1v) is 4.06. The van der Waals surface area contributed by atoms with E-state index in [1.54, 1.807) is 29.2 Å². The van der Waals surface area contributed by atoms with Gasteiger partial charge in [-0.1, -0.05) is 11.6 Å². The Balaban J connectivity index is 2.53. The molecular weight excluding hydrogens is 188 g/mol. The summed E-state index contributed by atoms with van der Waals surface area (Å²) in [6.07, 6.45) is 4.97. The summed E-state index contributed by atoms with van der Waals surface area (Å²) >= 11 is 5.71. The molecule has 66 valence electrons. The molecule has 0 saturated carbocycles. The van der Waals surface area contributed by atoms with E-state index in [0.717, 1.165) is 0 Å². The van der Waals surface area contributed by atoms with Gasteiger partial charge in [0.1, 0.15) is 0 Å². The van der Waals surface area contributed by atoms with Crippen LogP contribution in [0, 0.1) is 0 Å². The van der Waals surface area contributed by atoms with Crippen molar-refractivity contribution in [2.45, 2.75) is 0 Å². The molecule has 0 unspecified atom stereocenters. The molecule has 0 aliphatic rings. The number of hydrogen-bond donors (Lipinski definition) is 1. The largest absolute Gasteiger partial charge is 0.396 e. The van der Waals surface area contributed by atoms with Crippen LogP contribution in [0.1, 0.15) is 0 Å². The third kappa shape index (κ3) is 1.48. The maximum atomic E-state index is 5.71. The highest BCUT2D eigenvalue weighted by atomic mass is 35.5. The molecular formula is C8H7ClN4. The van der Waals surface area contributed by atoms with E-state index >= 15 is 0 Å². The lowest BCUT2D eigenvalue weighted by atomic mass is 10.4. The first-order chi connectivity index (χ1) is 6.27. The Morgan fingerprint density at radius 1 is 1.46 bits per heavy atom. The molecule has 2 aromatic rings. The Kier molecular flexibility index (Phi) is 1.90. The van der Waals surface area contributed by atoms with Crippen LogP contribution in [0.4, 0.5) is 5.69 Å². The van der Waals surface area contributed by atoms with E-state index in [-0.39, 0.29) is 0 Å². The van der Waals surface area contributed by atoms with Crippen LogP contribution in [0.2, 0.25) is 5.02 Å². The van der Waals surface area contributed by atoms with E-state index in [1.165, 1.54) is 6.20 Å². The molecule has 5 heteroatoms. The molecule has 4 nitrogen and oxygen atoms in total. The first-order valence-electron chi connectivity index (χ1n) is 3.68. The van der Waals surface area contributed by atoms with Crippen molar-refractivity contribution in [3.63, 3.8) is 0 Å². The zero-order valence-electron chi connectivity index (χ0n) is 6.68. The molecule has 0 saturated heterocycles. The molecule has 0 spiro atoms. The average Bonchev–Trinajstić information content (AvgIpc) is 2.56. The van der Waals surface area contributed by atoms with Gasteiger partial charge >= 0.3 is 0 Å². The second kappa shape index (κ2) is 3.06.